The minimum Gasteiger partial charge on any atom is -0.444 e. The molecule has 51 heavy (non-hydrogen) atoms. The topological polar surface area (TPSA) is 166 Å². The lowest BCUT2D eigenvalue weighted by molar-refractivity contribution is -0.141. The highest BCUT2D eigenvalue weighted by molar-refractivity contribution is 7.91. The third kappa shape index (κ3) is 8.85. The van der Waals surface area contributed by atoms with Crippen LogP contribution in [0, 0.1) is 5.92 Å². The lowest BCUT2D eigenvalue weighted by atomic mass is 10.0. The molecule has 278 valence electrons. The monoisotopic (exact) mass is 742 g/mol. The number of rotatable bonds is 5. The summed E-state index contributed by atoms with van der Waals surface area (Å²) < 4.78 is 33.3. The molecule has 1 aromatic rings. The van der Waals surface area contributed by atoms with Crippen LogP contribution in [0.4, 0.5) is 4.79 Å². The van der Waals surface area contributed by atoms with Crippen molar-refractivity contribution in [2.24, 2.45) is 5.92 Å². The van der Waals surface area contributed by atoms with Gasteiger partial charge in [0.15, 0.2) is 5.11 Å². The molecule has 3 heterocycles. The summed E-state index contributed by atoms with van der Waals surface area (Å²) in [5, 5.41) is 8.97. The van der Waals surface area contributed by atoms with Crippen molar-refractivity contribution in [3.05, 3.63) is 47.5 Å². The SMILES string of the molecule is CC(C)(C)OC(=O)N[C@H]1CCCCC/C=C/[C@@H]2C[C@@]2(C(=O)NS(=O)(=O)C2CC2)NC(=O)[C@@H]2C[C@@H](NC(=S)N3CCc4ccccc4C3)CN2C1=O. The number of thiocarbonyl (C=S) groups is 1. The summed E-state index contributed by atoms with van der Waals surface area (Å²) in [7, 11) is -3.86. The molecular weight excluding hydrogens is 693 g/mol. The number of hydrogen-bond donors (Lipinski definition) is 4. The molecule has 2 aliphatic carbocycles. The van der Waals surface area contributed by atoms with Crippen molar-refractivity contribution in [2.75, 3.05) is 13.1 Å². The van der Waals surface area contributed by atoms with E-state index in [2.05, 4.69) is 37.7 Å². The molecule has 2 saturated carbocycles. The van der Waals surface area contributed by atoms with E-state index >= 15 is 0 Å². The molecule has 3 aliphatic heterocycles. The summed E-state index contributed by atoms with van der Waals surface area (Å²) in [6.07, 6.45) is 8.70. The number of carbonyl (C=O) groups excluding carboxylic acids is 4. The van der Waals surface area contributed by atoms with E-state index in [1.807, 2.05) is 24.3 Å². The highest BCUT2D eigenvalue weighted by Gasteiger charge is 2.62. The molecule has 4 N–H and O–H groups in total. The van der Waals surface area contributed by atoms with Crippen molar-refractivity contribution in [3.8, 4) is 0 Å². The molecule has 0 bridgehead atoms. The molecule has 0 aromatic heterocycles. The van der Waals surface area contributed by atoms with Crippen molar-refractivity contribution < 1.29 is 32.3 Å². The molecular formula is C36H50N6O7S2. The van der Waals surface area contributed by atoms with E-state index in [0.29, 0.717) is 43.8 Å². The van der Waals surface area contributed by atoms with Crippen molar-refractivity contribution >= 4 is 51.2 Å². The highest BCUT2D eigenvalue weighted by Crippen LogP contribution is 2.46. The van der Waals surface area contributed by atoms with E-state index in [1.165, 1.54) is 16.0 Å². The zero-order valence-electron chi connectivity index (χ0n) is 29.6. The molecule has 6 rings (SSSR count). The van der Waals surface area contributed by atoms with E-state index in [0.717, 1.165) is 25.8 Å². The molecule has 13 nitrogen and oxygen atoms in total. The van der Waals surface area contributed by atoms with Crippen LogP contribution in [-0.2, 0) is 42.1 Å². The zero-order chi connectivity index (χ0) is 36.6. The van der Waals surface area contributed by atoms with E-state index in [4.69, 9.17) is 17.0 Å². The number of nitrogens with one attached hydrogen (secondary N) is 4. The Kier molecular flexibility index (Phi) is 10.7. The van der Waals surface area contributed by atoms with Gasteiger partial charge in [-0.2, -0.15) is 0 Å². The molecule has 1 aromatic carbocycles. The van der Waals surface area contributed by atoms with Crippen LogP contribution in [0.3, 0.4) is 0 Å². The summed E-state index contributed by atoms with van der Waals surface area (Å²) >= 11 is 5.84. The fourth-order valence-electron chi connectivity index (χ4n) is 7.29. The van der Waals surface area contributed by atoms with Gasteiger partial charge in [0.25, 0.3) is 5.91 Å². The maximum Gasteiger partial charge on any atom is 0.408 e. The van der Waals surface area contributed by atoms with Crippen molar-refractivity contribution in [1.29, 1.82) is 0 Å². The molecule has 3 fully saturated rings. The maximum absolute atomic E-state index is 14.4. The molecule has 0 unspecified atom stereocenters. The summed E-state index contributed by atoms with van der Waals surface area (Å²) in [6, 6.07) is 5.87. The van der Waals surface area contributed by atoms with Crippen LogP contribution in [0.1, 0.15) is 89.7 Å². The van der Waals surface area contributed by atoms with E-state index in [-0.39, 0.29) is 19.4 Å². The molecule has 5 atom stereocenters. The van der Waals surface area contributed by atoms with Crippen LogP contribution >= 0.6 is 12.2 Å². The van der Waals surface area contributed by atoms with Gasteiger partial charge < -0.3 is 30.5 Å². The Morgan fingerprint density at radius 2 is 1.78 bits per heavy atom. The third-order valence-corrected chi connectivity index (χ3v) is 12.5. The van der Waals surface area contributed by atoms with Crippen LogP contribution in [0.15, 0.2) is 36.4 Å². The number of carbonyl (C=O) groups is 4. The van der Waals surface area contributed by atoms with Gasteiger partial charge in [-0.05, 0) is 95.5 Å². The number of amides is 4. The Balaban J connectivity index is 1.25. The second kappa shape index (κ2) is 14.7. The van der Waals surface area contributed by atoms with Crippen molar-refractivity contribution in [2.45, 2.75) is 126 Å². The second-order valence-electron chi connectivity index (χ2n) is 15.5. The van der Waals surface area contributed by atoms with E-state index in [9.17, 15) is 27.6 Å². The summed E-state index contributed by atoms with van der Waals surface area (Å²) in [4.78, 5) is 58.8. The number of allylic oxidation sites excluding steroid dienone is 1. The fraction of sp³-hybridized carbons (Fsp3) is 0.639. The summed E-state index contributed by atoms with van der Waals surface area (Å²) in [6.45, 7) is 6.72. The Bertz CT molecular complexity index is 1690. The molecule has 1 saturated heterocycles. The van der Waals surface area contributed by atoms with Crippen LogP contribution in [0.25, 0.3) is 0 Å². The van der Waals surface area contributed by atoms with Gasteiger partial charge >= 0.3 is 6.09 Å². The molecule has 15 heteroatoms. The first-order valence-electron chi connectivity index (χ1n) is 18.1. The fourth-order valence-corrected chi connectivity index (χ4v) is 8.98. The van der Waals surface area contributed by atoms with Crippen LogP contribution in [0.5, 0.6) is 0 Å². The lowest BCUT2D eigenvalue weighted by Crippen LogP contribution is -2.58. The van der Waals surface area contributed by atoms with Gasteiger partial charge in [0.05, 0.1) is 5.25 Å². The number of sulfonamides is 1. The van der Waals surface area contributed by atoms with Gasteiger partial charge in [-0.3, -0.25) is 19.1 Å². The van der Waals surface area contributed by atoms with Crippen molar-refractivity contribution in [1.82, 2.24) is 30.5 Å². The highest BCUT2D eigenvalue weighted by atomic mass is 32.2. The van der Waals surface area contributed by atoms with Gasteiger partial charge in [-0.15, -0.1) is 0 Å². The van der Waals surface area contributed by atoms with Gasteiger partial charge in [0.1, 0.15) is 23.2 Å². The number of ether oxygens (including phenoxy) is 1. The smallest absolute Gasteiger partial charge is 0.408 e. The first-order valence-corrected chi connectivity index (χ1v) is 20.1. The Morgan fingerprint density at radius 1 is 1.04 bits per heavy atom. The van der Waals surface area contributed by atoms with Crippen LogP contribution in [-0.4, -0.2) is 94.7 Å². The normalized spacial score (nSPS) is 29.2. The molecule has 0 spiro atoms. The molecule has 5 aliphatic rings. The molecule has 4 amide bonds. The Morgan fingerprint density at radius 3 is 2.51 bits per heavy atom. The van der Waals surface area contributed by atoms with Crippen molar-refractivity contribution in [3.63, 3.8) is 0 Å². The zero-order valence-corrected chi connectivity index (χ0v) is 31.2. The van der Waals surface area contributed by atoms with Gasteiger partial charge in [0.2, 0.25) is 21.8 Å². The molecule has 0 radical (unpaired) electrons. The van der Waals surface area contributed by atoms with Crippen LogP contribution < -0.4 is 20.7 Å². The summed E-state index contributed by atoms with van der Waals surface area (Å²) in [5.74, 6) is -2.15. The largest absolute Gasteiger partial charge is 0.444 e. The standard InChI is InChI=1S/C36H50N6O7S2/c1-35(2,3)49-34(46)38-28-14-8-6-4-5-7-13-25-20-36(25,32(45)40-51(47,48)27-15-16-27)39-30(43)29-19-26(22-42(29)31(28)44)37-33(50)41-18-17-23-11-9-10-12-24(23)21-41/h7,9-13,25-29H,4-6,8,14-22H2,1-3H3,(H,37,50)(H,38,46)(H,39,43)(H,40,45)/b13-7+/t25-,26-,28+,29+,36-/m1/s1. The first kappa shape index (κ1) is 37.1. The minimum atomic E-state index is -3.86. The Labute approximate surface area is 305 Å². The predicted octanol–water partition coefficient (Wildman–Crippen LogP) is 2.79. The number of nitrogens with zero attached hydrogens (tertiary/aromatic N) is 2. The average molecular weight is 743 g/mol. The van der Waals surface area contributed by atoms with Gasteiger partial charge in [0, 0.05) is 31.6 Å². The van der Waals surface area contributed by atoms with Crippen LogP contribution in [0.2, 0.25) is 0 Å². The number of hydrogen-bond acceptors (Lipinski definition) is 8. The van der Waals surface area contributed by atoms with Gasteiger partial charge in [-0.25, -0.2) is 13.2 Å². The van der Waals surface area contributed by atoms with Gasteiger partial charge in [-0.1, -0.05) is 49.3 Å². The number of fused-ring (bicyclic) bond motifs is 3. The maximum atomic E-state index is 14.4. The second-order valence-corrected chi connectivity index (χ2v) is 17.9. The minimum absolute atomic E-state index is 0.132. The quantitative estimate of drug-likeness (QED) is 0.261. The van der Waals surface area contributed by atoms with E-state index < -0.39 is 74.3 Å². The third-order valence-electron chi connectivity index (χ3n) is 10.3. The van der Waals surface area contributed by atoms with E-state index in [1.54, 1.807) is 20.8 Å². The Hall–Kier alpha value is -3.72. The number of benzene rings is 1. The summed E-state index contributed by atoms with van der Waals surface area (Å²) in [5.41, 5.74) is 0.237. The number of alkyl carbamates (subject to hydrolysis) is 1. The predicted molar refractivity (Wildman–Crippen MR) is 195 cm³/mol. The lowest BCUT2D eigenvalue weighted by Gasteiger charge is -2.32. The average Bonchev–Trinajstić information content (AvgIpc) is 3.99. The first-order chi connectivity index (χ1) is 24.1.